The van der Waals surface area contributed by atoms with E-state index in [0.717, 1.165) is 30.9 Å². The number of likely N-dealkylation sites (tertiary alicyclic amines) is 1. The molecular formula is C33H32N4O3S. The van der Waals surface area contributed by atoms with Gasteiger partial charge in [0.15, 0.2) is 0 Å². The molecule has 2 aliphatic rings. The third kappa shape index (κ3) is 6.09. The van der Waals surface area contributed by atoms with Crippen molar-refractivity contribution in [2.45, 2.75) is 36.6 Å². The van der Waals surface area contributed by atoms with Crippen molar-refractivity contribution in [2.75, 3.05) is 23.1 Å². The van der Waals surface area contributed by atoms with E-state index in [0.29, 0.717) is 22.6 Å². The number of hydrogen-bond donors (Lipinski definition) is 2. The van der Waals surface area contributed by atoms with Gasteiger partial charge in [0.2, 0.25) is 5.91 Å². The first-order chi connectivity index (χ1) is 20.0. The van der Waals surface area contributed by atoms with E-state index >= 15 is 0 Å². The normalized spacial score (nSPS) is 17.6. The van der Waals surface area contributed by atoms with E-state index in [1.807, 2.05) is 42.5 Å². The summed E-state index contributed by atoms with van der Waals surface area (Å²) >= 11 is 0. The summed E-state index contributed by atoms with van der Waals surface area (Å²) in [5, 5.41) is 2.96. The standard InChI is InChI=1S/C33H32N4O3S/c38-33-31(29-22-27(18-19-30(29)35-33)36-41(39,40)28-12-6-2-7-13-28)32(25-10-4-1-5-11-25)34-26-16-14-24(15-17-26)23-37-20-8-3-9-21-37/h1-2,4-7,10-19,22,31,36H,3,8-9,20-21,23H2,(H,35,38). The topological polar surface area (TPSA) is 90.9 Å². The van der Waals surface area contributed by atoms with E-state index in [1.54, 1.807) is 48.5 Å². The van der Waals surface area contributed by atoms with Crippen molar-refractivity contribution in [1.82, 2.24) is 4.90 Å². The number of benzene rings is 4. The first-order valence-electron chi connectivity index (χ1n) is 13.9. The van der Waals surface area contributed by atoms with E-state index < -0.39 is 15.9 Å². The van der Waals surface area contributed by atoms with E-state index in [4.69, 9.17) is 4.99 Å². The van der Waals surface area contributed by atoms with Crippen LogP contribution in [0.25, 0.3) is 0 Å². The lowest BCUT2D eigenvalue weighted by molar-refractivity contribution is -0.115. The summed E-state index contributed by atoms with van der Waals surface area (Å²) in [5.74, 6) is -0.908. The average molecular weight is 565 g/mol. The molecule has 4 aromatic rings. The molecule has 0 aromatic heterocycles. The predicted molar refractivity (Wildman–Crippen MR) is 163 cm³/mol. The second-order valence-electron chi connectivity index (χ2n) is 10.5. The molecule has 0 aliphatic carbocycles. The highest BCUT2D eigenvalue weighted by Crippen LogP contribution is 2.38. The van der Waals surface area contributed by atoms with Crippen molar-refractivity contribution in [1.29, 1.82) is 0 Å². The maximum atomic E-state index is 13.4. The van der Waals surface area contributed by atoms with Crippen LogP contribution in [0.5, 0.6) is 0 Å². The molecule has 0 saturated carbocycles. The van der Waals surface area contributed by atoms with Crippen LogP contribution in [0.3, 0.4) is 0 Å². The quantitative estimate of drug-likeness (QED) is 0.245. The average Bonchev–Trinajstić information content (AvgIpc) is 3.32. The molecule has 41 heavy (non-hydrogen) atoms. The Bertz CT molecular complexity index is 1670. The number of sulfonamides is 1. The molecule has 0 bridgehead atoms. The van der Waals surface area contributed by atoms with Crippen molar-refractivity contribution < 1.29 is 13.2 Å². The summed E-state index contributed by atoms with van der Waals surface area (Å²) in [6.45, 7) is 3.20. The highest BCUT2D eigenvalue weighted by molar-refractivity contribution is 7.92. The molecule has 8 heteroatoms. The van der Waals surface area contributed by atoms with Crippen LogP contribution in [-0.2, 0) is 21.4 Å². The highest BCUT2D eigenvalue weighted by atomic mass is 32.2. The third-order valence-electron chi connectivity index (χ3n) is 7.57. The van der Waals surface area contributed by atoms with Gasteiger partial charge in [0.05, 0.1) is 16.3 Å². The number of hydrogen-bond acceptors (Lipinski definition) is 5. The molecule has 1 atom stereocenters. The van der Waals surface area contributed by atoms with Crippen LogP contribution in [0, 0.1) is 0 Å². The molecule has 4 aromatic carbocycles. The van der Waals surface area contributed by atoms with Crippen LogP contribution in [0.1, 0.15) is 41.9 Å². The minimum Gasteiger partial charge on any atom is -0.325 e. The zero-order chi connectivity index (χ0) is 28.2. The molecule has 6 rings (SSSR count). The number of carbonyl (C=O) groups excluding carboxylic acids is 1. The fraction of sp³-hybridized carbons (Fsp3) is 0.212. The van der Waals surface area contributed by atoms with Crippen molar-refractivity contribution >= 4 is 38.7 Å². The molecule has 2 N–H and O–H groups in total. The van der Waals surface area contributed by atoms with E-state index in [9.17, 15) is 13.2 Å². The molecular weight excluding hydrogens is 532 g/mol. The smallest absolute Gasteiger partial charge is 0.261 e. The molecule has 1 unspecified atom stereocenters. The van der Waals surface area contributed by atoms with Gasteiger partial charge < -0.3 is 5.32 Å². The number of rotatable bonds is 8. The fourth-order valence-corrected chi connectivity index (χ4v) is 6.58. The zero-order valence-corrected chi connectivity index (χ0v) is 23.5. The van der Waals surface area contributed by atoms with E-state index in [2.05, 4.69) is 27.1 Å². The maximum absolute atomic E-state index is 13.4. The lowest BCUT2D eigenvalue weighted by Gasteiger charge is -2.26. The molecule has 208 valence electrons. The lowest BCUT2D eigenvalue weighted by Crippen LogP contribution is -2.28. The van der Waals surface area contributed by atoms with Gasteiger partial charge in [-0.3, -0.25) is 19.4 Å². The van der Waals surface area contributed by atoms with Gasteiger partial charge >= 0.3 is 0 Å². The van der Waals surface area contributed by atoms with Crippen molar-refractivity contribution in [3.63, 3.8) is 0 Å². The minimum absolute atomic E-state index is 0.168. The Morgan fingerprint density at radius 2 is 1.54 bits per heavy atom. The van der Waals surface area contributed by atoms with Gasteiger partial charge in [-0.1, -0.05) is 67.1 Å². The van der Waals surface area contributed by atoms with Crippen LogP contribution < -0.4 is 10.0 Å². The van der Waals surface area contributed by atoms with Crippen LogP contribution in [0.2, 0.25) is 0 Å². The summed E-state index contributed by atoms with van der Waals surface area (Å²) in [7, 11) is -3.79. The lowest BCUT2D eigenvalue weighted by atomic mass is 9.90. The fourth-order valence-electron chi connectivity index (χ4n) is 5.51. The zero-order valence-electron chi connectivity index (χ0n) is 22.7. The molecule has 1 amide bonds. The van der Waals surface area contributed by atoms with Crippen molar-refractivity contribution in [3.05, 3.63) is 120 Å². The van der Waals surface area contributed by atoms with Gasteiger partial charge in [-0.15, -0.1) is 0 Å². The number of nitrogens with one attached hydrogen (secondary N) is 2. The molecule has 0 spiro atoms. The number of amides is 1. The maximum Gasteiger partial charge on any atom is 0.261 e. The SMILES string of the molecule is O=C1Nc2ccc(NS(=O)(=O)c3ccccc3)cc2C1C(=Nc1ccc(CN2CCCCC2)cc1)c1ccccc1. The number of carbonyl (C=O) groups is 1. The van der Waals surface area contributed by atoms with Crippen LogP contribution in [-0.4, -0.2) is 38.0 Å². The number of piperidine rings is 1. The van der Waals surface area contributed by atoms with Crippen molar-refractivity contribution in [2.24, 2.45) is 4.99 Å². The number of fused-ring (bicyclic) bond motifs is 1. The number of anilines is 2. The summed E-state index contributed by atoms with van der Waals surface area (Å²) in [5.41, 5.74) is 5.13. The van der Waals surface area contributed by atoms with E-state index in [-0.39, 0.29) is 10.8 Å². The predicted octanol–water partition coefficient (Wildman–Crippen LogP) is 6.33. The molecule has 1 saturated heterocycles. The Morgan fingerprint density at radius 1 is 0.854 bits per heavy atom. The van der Waals surface area contributed by atoms with Crippen LogP contribution in [0.15, 0.2) is 113 Å². The largest absolute Gasteiger partial charge is 0.325 e. The third-order valence-corrected chi connectivity index (χ3v) is 8.97. The molecule has 2 heterocycles. The minimum atomic E-state index is -3.79. The molecule has 0 radical (unpaired) electrons. The highest BCUT2D eigenvalue weighted by Gasteiger charge is 2.36. The van der Waals surface area contributed by atoms with Gasteiger partial charge in [0.25, 0.3) is 10.0 Å². The van der Waals surface area contributed by atoms with Gasteiger partial charge in [-0.05, 0) is 85.1 Å². The van der Waals surface area contributed by atoms with Gasteiger partial charge in [0, 0.05) is 17.9 Å². The Morgan fingerprint density at radius 3 is 2.24 bits per heavy atom. The first-order valence-corrected chi connectivity index (χ1v) is 15.4. The first kappa shape index (κ1) is 26.9. The Hall–Kier alpha value is -4.27. The Labute approximate surface area is 241 Å². The van der Waals surface area contributed by atoms with Gasteiger partial charge in [-0.2, -0.15) is 0 Å². The van der Waals surface area contributed by atoms with Crippen LogP contribution in [0.4, 0.5) is 17.1 Å². The van der Waals surface area contributed by atoms with E-state index in [1.165, 1.54) is 24.8 Å². The van der Waals surface area contributed by atoms with Crippen molar-refractivity contribution in [3.8, 4) is 0 Å². The Balaban J connectivity index is 1.33. The summed E-state index contributed by atoms with van der Waals surface area (Å²) in [6, 6.07) is 31.2. The molecule has 7 nitrogen and oxygen atoms in total. The number of nitrogens with zero attached hydrogens (tertiary/aromatic N) is 2. The van der Waals surface area contributed by atoms with Crippen LogP contribution >= 0.6 is 0 Å². The molecule has 2 aliphatic heterocycles. The monoisotopic (exact) mass is 564 g/mol. The second kappa shape index (κ2) is 11.7. The number of aliphatic imine (C=N–C) groups is 1. The second-order valence-corrected chi connectivity index (χ2v) is 12.2. The van der Waals surface area contributed by atoms with Gasteiger partial charge in [-0.25, -0.2) is 8.42 Å². The summed E-state index contributed by atoms with van der Waals surface area (Å²) in [4.78, 5) is 21.1. The molecule has 1 fully saturated rings. The van der Waals surface area contributed by atoms with Gasteiger partial charge in [0.1, 0.15) is 5.92 Å². The summed E-state index contributed by atoms with van der Waals surface area (Å²) in [6.07, 6.45) is 3.82. The Kier molecular flexibility index (Phi) is 7.67. The summed E-state index contributed by atoms with van der Waals surface area (Å²) < 4.78 is 28.6.